The van der Waals surface area contributed by atoms with E-state index >= 15 is 0 Å². The van der Waals surface area contributed by atoms with Gasteiger partial charge in [-0.05, 0) is 54.7 Å². The van der Waals surface area contributed by atoms with Crippen LogP contribution in [-0.2, 0) is 9.84 Å². The molecule has 2 rings (SSSR count). The number of rotatable bonds is 25. The third-order valence-corrected chi connectivity index (χ3v) is 9.49. The van der Waals surface area contributed by atoms with Gasteiger partial charge in [0.1, 0.15) is 5.75 Å². The van der Waals surface area contributed by atoms with Crippen LogP contribution in [0.25, 0.3) is 12.2 Å². The smallest absolute Gasteiger partial charge is 0.178 e. The zero-order valence-corrected chi connectivity index (χ0v) is 26.5. The van der Waals surface area contributed by atoms with Gasteiger partial charge in [-0.3, -0.25) is 0 Å². The predicted molar refractivity (Wildman–Crippen MR) is 175 cm³/mol. The molecule has 0 bridgehead atoms. The first kappa shape index (κ1) is 35.1. The molecule has 0 radical (unpaired) electrons. The molecule has 0 amide bonds. The predicted octanol–water partition coefficient (Wildman–Crippen LogP) is 10.0. The van der Waals surface area contributed by atoms with E-state index in [4.69, 9.17) is 9.84 Å². The minimum atomic E-state index is -3.29. The van der Waals surface area contributed by atoms with Crippen molar-refractivity contribution in [1.29, 1.82) is 0 Å². The maximum Gasteiger partial charge on any atom is 0.178 e. The van der Waals surface area contributed by atoms with E-state index in [9.17, 15) is 8.42 Å². The Balaban J connectivity index is 1.50. The van der Waals surface area contributed by atoms with E-state index in [1.807, 2.05) is 48.6 Å². The largest absolute Gasteiger partial charge is 0.494 e. The molecule has 0 aliphatic carbocycles. The lowest BCUT2D eigenvalue weighted by molar-refractivity contribution is 0.287. The van der Waals surface area contributed by atoms with E-state index in [1.54, 1.807) is 12.1 Å². The molecule has 2 aromatic carbocycles. The van der Waals surface area contributed by atoms with Crippen LogP contribution >= 0.6 is 0 Å². The SMILES string of the molecule is CCCCCCCCCCCCCCCCCCOc1ccc(C=Cc2ccc(S(=O)(=O)CCCCO)cc2)cc1. The summed E-state index contributed by atoms with van der Waals surface area (Å²) in [5, 5.41) is 8.86. The summed E-state index contributed by atoms with van der Waals surface area (Å²) in [4.78, 5) is 0.332. The van der Waals surface area contributed by atoms with E-state index in [0.717, 1.165) is 29.9 Å². The number of ether oxygens (including phenoxy) is 1. The van der Waals surface area contributed by atoms with Crippen LogP contribution < -0.4 is 4.74 Å². The van der Waals surface area contributed by atoms with Crippen LogP contribution in [-0.4, -0.2) is 32.5 Å². The van der Waals surface area contributed by atoms with E-state index in [-0.39, 0.29) is 12.4 Å². The Bertz CT molecular complexity index is 1030. The van der Waals surface area contributed by atoms with Gasteiger partial charge in [0.2, 0.25) is 0 Å². The highest BCUT2D eigenvalue weighted by Crippen LogP contribution is 2.18. The molecule has 1 N–H and O–H groups in total. The van der Waals surface area contributed by atoms with Crippen molar-refractivity contribution in [3.8, 4) is 5.75 Å². The van der Waals surface area contributed by atoms with Crippen LogP contribution in [0.3, 0.4) is 0 Å². The zero-order chi connectivity index (χ0) is 29.4. The van der Waals surface area contributed by atoms with Crippen molar-refractivity contribution in [2.24, 2.45) is 0 Å². The highest BCUT2D eigenvalue weighted by Gasteiger charge is 2.13. The van der Waals surface area contributed by atoms with E-state index in [1.165, 1.54) is 96.3 Å². The molecule has 0 unspecified atom stereocenters. The number of hydrogen-bond donors (Lipinski definition) is 1. The maximum absolute atomic E-state index is 12.4. The lowest BCUT2D eigenvalue weighted by Crippen LogP contribution is -2.07. The van der Waals surface area contributed by atoms with Crippen molar-refractivity contribution in [2.45, 2.75) is 127 Å². The van der Waals surface area contributed by atoms with Gasteiger partial charge >= 0.3 is 0 Å². The summed E-state index contributed by atoms with van der Waals surface area (Å²) in [5.74, 6) is 0.968. The molecule has 230 valence electrons. The quantitative estimate of drug-likeness (QED) is 0.0931. The van der Waals surface area contributed by atoms with Gasteiger partial charge in [-0.2, -0.15) is 0 Å². The highest BCUT2D eigenvalue weighted by atomic mass is 32.2. The maximum atomic E-state index is 12.4. The molecule has 0 heterocycles. The lowest BCUT2D eigenvalue weighted by Gasteiger charge is -2.07. The molecule has 0 saturated heterocycles. The summed E-state index contributed by atoms with van der Waals surface area (Å²) < 4.78 is 30.6. The number of benzene rings is 2. The summed E-state index contributed by atoms with van der Waals surface area (Å²) in [6.45, 7) is 3.07. The van der Waals surface area contributed by atoms with Crippen molar-refractivity contribution in [1.82, 2.24) is 0 Å². The van der Waals surface area contributed by atoms with Crippen molar-refractivity contribution in [2.75, 3.05) is 19.0 Å². The molecule has 4 nitrogen and oxygen atoms in total. The van der Waals surface area contributed by atoms with Crippen LogP contribution in [0.5, 0.6) is 5.75 Å². The van der Waals surface area contributed by atoms with E-state index in [2.05, 4.69) is 6.92 Å². The lowest BCUT2D eigenvalue weighted by atomic mass is 10.0. The third kappa shape index (κ3) is 16.8. The fourth-order valence-electron chi connectivity index (χ4n) is 5.02. The number of sulfone groups is 1. The van der Waals surface area contributed by atoms with E-state index in [0.29, 0.717) is 17.7 Å². The van der Waals surface area contributed by atoms with Gasteiger partial charge in [0, 0.05) is 6.61 Å². The van der Waals surface area contributed by atoms with Gasteiger partial charge in [0.05, 0.1) is 17.3 Å². The molecular formula is C36H56O4S. The molecule has 0 aliphatic rings. The number of aliphatic hydroxyl groups excluding tert-OH is 1. The van der Waals surface area contributed by atoms with Crippen LogP contribution in [0.15, 0.2) is 53.4 Å². The van der Waals surface area contributed by atoms with Crippen LogP contribution in [0.1, 0.15) is 134 Å². The number of aliphatic hydroxyl groups is 1. The molecule has 0 spiro atoms. The summed E-state index contributed by atoms with van der Waals surface area (Å²) >= 11 is 0. The van der Waals surface area contributed by atoms with Gasteiger partial charge in [0.15, 0.2) is 9.84 Å². The van der Waals surface area contributed by atoms with Crippen LogP contribution in [0, 0.1) is 0 Å². The Morgan fingerprint density at radius 3 is 1.49 bits per heavy atom. The fourth-order valence-corrected chi connectivity index (χ4v) is 6.39. The second kappa shape index (κ2) is 22.5. The minimum absolute atomic E-state index is 0.0198. The topological polar surface area (TPSA) is 63.6 Å². The molecular weight excluding hydrogens is 528 g/mol. The molecule has 0 fully saturated rings. The Labute approximate surface area is 251 Å². The Morgan fingerprint density at radius 1 is 0.585 bits per heavy atom. The van der Waals surface area contributed by atoms with Crippen molar-refractivity contribution in [3.05, 3.63) is 59.7 Å². The van der Waals surface area contributed by atoms with Crippen molar-refractivity contribution in [3.63, 3.8) is 0 Å². The van der Waals surface area contributed by atoms with Gasteiger partial charge in [-0.15, -0.1) is 0 Å². The Morgan fingerprint density at radius 2 is 1.02 bits per heavy atom. The van der Waals surface area contributed by atoms with Gasteiger partial charge in [-0.25, -0.2) is 8.42 Å². The second-order valence-electron chi connectivity index (χ2n) is 11.4. The first-order valence-electron chi connectivity index (χ1n) is 16.4. The molecule has 0 aliphatic heterocycles. The van der Waals surface area contributed by atoms with Crippen molar-refractivity contribution < 1.29 is 18.3 Å². The second-order valence-corrected chi connectivity index (χ2v) is 13.5. The Kier molecular flexibility index (Phi) is 19.2. The molecule has 2 aromatic rings. The van der Waals surface area contributed by atoms with Gasteiger partial charge in [-0.1, -0.05) is 140 Å². The minimum Gasteiger partial charge on any atom is -0.494 e. The number of hydrogen-bond acceptors (Lipinski definition) is 4. The normalized spacial score (nSPS) is 11.9. The summed E-state index contributed by atoms with van der Waals surface area (Å²) in [5.41, 5.74) is 2.02. The monoisotopic (exact) mass is 584 g/mol. The molecule has 0 aromatic heterocycles. The number of unbranched alkanes of at least 4 members (excludes halogenated alkanes) is 16. The summed E-state index contributed by atoms with van der Waals surface area (Å²) in [6, 6.07) is 15.1. The zero-order valence-electron chi connectivity index (χ0n) is 25.7. The average molecular weight is 585 g/mol. The summed E-state index contributed by atoms with van der Waals surface area (Å²) in [6.07, 6.45) is 26.9. The van der Waals surface area contributed by atoms with Crippen molar-refractivity contribution >= 4 is 22.0 Å². The van der Waals surface area contributed by atoms with Gasteiger partial charge < -0.3 is 9.84 Å². The first-order chi connectivity index (χ1) is 20.0. The highest BCUT2D eigenvalue weighted by molar-refractivity contribution is 7.91. The first-order valence-corrected chi connectivity index (χ1v) is 18.0. The third-order valence-electron chi connectivity index (χ3n) is 7.68. The van der Waals surface area contributed by atoms with Crippen LogP contribution in [0.2, 0.25) is 0 Å². The summed E-state index contributed by atoms with van der Waals surface area (Å²) in [7, 11) is -3.29. The van der Waals surface area contributed by atoms with E-state index < -0.39 is 9.84 Å². The van der Waals surface area contributed by atoms with Gasteiger partial charge in [0.25, 0.3) is 0 Å². The standard InChI is InChI=1S/C36H56O4S/c1-2-3-4-5-6-7-8-9-10-11-12-13-14-15-16-18-31-40-35-26-22-33(23-27-35)20-21-34-24-28-36(29-25-34)41(38,39)32-19-17-30-37/h20-29,37H,2-19,30-32H2,1H3. The Hall–Kier alpha value is -2.11. The van der Waals surface area contributed by atoms with Crippen LogP contribution in [0.4, 0.5) is 0 Å². The average Bonchev–Trinajstić information content (AvgIpc) is 2.98. The fraction of sp³-hybridized carbons (Fsp3) is 0.611. The molecule has 0 saturated carbocycles. The molecule has 5 heteroatoms. The molecule has 0 atom stereocenters. The molecule has 41 heavy (non-hydrogen) atoms.